The zero-order valence-corrected chi connectivity index (χ0v) is 28.8. The van der Waals surface area contributed by atoms with Gasteiger partial charge in [0.15, 0.2) is 0 Å². The van der Waals surface area contributed by atoms with Gasteiger partial charge in [0, 0.05) is 27.7 Å². The predicted molar refractivity (Wildman–Crippen MR) is 217 cm³/mol. The fourth-order valence-electron chi connectivity index (χ4n) is 8.45. The highest BCUT2D eigenvalue weighted by Gasteiger charge is 2.42. The normalized spacial score (nSPS) is 12.9. The molecule has 246 valence electrons. The highest BCUT2D eigenvalue weighted by Crippen LogP contribution is 2.54. The fourth-order valence-corrected chi connectivity index (χ4v) is 8.45. The lowest BCUT2D eigenvalue weighted by atomic mass is 9.74. The van der Waals surface area contributed by atoms with Gasteiger partial charge in [0.05, 0.1) is 11.1 Å². The highest BCUT2D eigenvalue weighted by molar-refractivity contribution is 6.14. The molecule has 10 rings (SSSR count). The van der Waals surface area contributed by atoms with Crippen molar-refractivity contribution >= 4 is 39.0 Å². The van der Waals surface area contributed by atoms with Crippen molar-refractivity contribution in [3.05, 3.63) is 211 Å². The van der Waals surface area contributed by atoms with E-state index >= 15 is 0 Å². The first-order valence-electron chi connectivity index (χ1n) is 17.9. The molecule has 0 aliphatic heterocycles. The first-order valence-corrected chi connectivity index (χ1v) is 17.9. The van der Waals surface area contributed by atoms with E-state index in [0.717, 1.165) is 39.0 Å². The van der Waals surface area contributed by atoms with Gasteiger partial charge in [0.25, 0.3) is 0 Å². The Balaban J connectivity index is 1.18. The van der Waals surface area contributed by atoms with E-state index in [1.807, 2.05) is 0 Å². The number of anilines is 3. The van der Waals surface area contributed by atoms with Crippen LogP contribution >= 0.6 is 0 Å². The van der Waals surface area contributed by atoms with Gasteiger partial charge in [-0.05, 0) is 87.8 Å². The lowest BCUT2D eigenvalue weighted by Gasteiger charge is -2.28. The van der Waals surface area contributed by atoms with E-state index in [0.29, 0.717) is 0 Å². The van der Waals surface area contributed by atoms with Crippen LogP contribution in [0.15, 0.2) is 199 Å². The van der Waals surface area contributed by atoms with Gasteiger partial charge in [-0.25, -0.2) is 0 Å². The van der Waals surface area contributed by atoms with Gasteiger partial charge in [-0.1, -0.05) is 158 Å². The van der Waals surface area contributed by atoms with Crippen molar-refractivity contribution in [1.82, 2.24) is 0 Å². The van der Waals surface area contributed by atoms with Gasteiger partial charge in [0.1, 0.15) is 11.2 Å². The predicted octanol–water partition coefficient (Wildman–Crippen LogP) is 13.7. The van der Waals surface area contributed by atoms with Crippen molar-refractivity contribution in [1.29, 1.82) is 0 Å². The molecule has 0 saturated heterocycles. The lowest BCUT2D eigenvalue weighted by Crippen LogP contribution is -2.22. The molecule has 8 aromatic carbocycles. The maximum absolute atomic E-state index is 6.98. The molecule has 1 heterocycles. The van der Waals surface area contributed by atoms with Crippen LogP contribution in [0.4, 0.5) is 17.1 Å². The molecule has 0 spiro atoms. The van der Waals surface area contributed by atoms with E-state index in [2.05, 4.69) is 206 Å². The quantitative estimate of drug-likeness (QED) is 0.176. The van der Waals surface area contributed by atoms with Crippen LogP contribution in [0.5, 0.6) is 0 Å². The van der Waals surface area contributed by atoms with Crippen LogP contribution in [0.3, 0.4) is 0 Å². The number of benzene rings is 8. The number of nitrogens with zero attached hydrogens (tertiary/aromatic N) is 1. The van der Waals surface area contributed by atoms with Gasteiger partial charge >= 0.3 is 0 Å². The first kappa shape index (κ1) is 30.2. The van der Waals surface area contributed by atoms with Crippen molar-refractivity contribution in [3.63, 3.8) is 0 Å². The second-order valence-corrected chi connectivity index (χ2v) is 13.8. The molecule has 2 nitrogen and oxygen atoms in total. The van der Waals surface area contributed by atoms with Crippen molar-refractivity contribution in [2.75, 3.05) is 4.90 Å². The molecule has 1 aromatic heterocycles. The summed E-state index contributed by atoms with van der Waals surface area (Å²) < 4.78 is 6.98. The lowest BCUT2D eigenvalue weighted by molar-refractivity contribution is 0.638. The summed E-state index contributed by atoms with van der Waals surface area (Å²) in [5.41, 5.74) is 15.8. The standard InChI is InChI=1S/C50H35NO/c1-50(43-21-10-8-18-40(43)41-19-9-11-22-44(41)50)45-23-12-20-42-48-46(24-13-25-47(48)52-49(42)45)51(38-30-26-36(27-31-38)34-14-4-2-5-15-34)39-32-28-37(29-33-39)35-16-6-3-7-17-35/h2-33H,1H3. The number of hydrogen-bond acceptors (Lipinski definition) is 2. The van der Waals surface area contributed by atoms with Crippen molar-refractivity contribution < 1.29 is 4.42 Å². The minimum absolute atomic E-state index is 0.374. The molecule has 0 radical (unpaired) electrons. The molecule has 1 aliphatic carbocycles. The third-order valence-electron chi connectivity index (χ3n) is 11.0. The molecule has 0 bridgehead atoms. The molecule has 0 fully saturated rings. The number of fused-ring (bicyclic) bond motifs is 6. The third kappa shape index (κ3) is 4.65. The molecule has 1 aliphatic rings. The Morgan fingerprint density at radius 3 is 1.42 bits per heavy atom. The molecule has 0 atom stereocenters. The monoisotopic (exact) mass is 665 g/mol. The van der Waals surface area contributed by atoms with Gasteiger partial charge < -0.3 is 9.32 Å². The Bertz CT molecular complexity index is 2600. The molecular formula is C50H35NO. The summed E-state index contributed by atoms with van der Waals surface area (Å²) in [5, 5.41) is 2.21. The van der Waals surface area contributed by atoms with Crippen molar-refractivity contribution in [3.8, 4) is 33.4 Å². The van der Waals surface area contributed by atoms with E-state index < -0.39 is 0 Å². The molecule has 0 saturated carbocycles. The van der Waals surface area contributed by atoms with Gasteiger partial charge in [-0.2, -0.15) is 0 Å². The summed E-state index contributed by atoms with van der Waals surface area (Å²) >= 11 is 0. The maximum atomic E-state index is 6.98. The van der Waals surface area contributed by atoms with Crippen molar-refractivity contribution in [2.45, 2.75) is 12.3 Å². The number of rotatable bonds is 6. The van der Waals surface area contributed by atoms with E-state index in [4.69, 9.17) is 4.42 Å². The summed E-state index contributed by atoms with van der Waals surface area (Å²) in [6.45, 7) is 2.36. The molecule has 0 amide bonds. The van der Waals surface area contributed by atoms with E-state index in [9.17, 15) is 0 Å². The van der Waals surface area contributed by atoms with Crippen molar-refractivity contribution in [2.24, 2.45) is 0 Å². The zero-order chi connectivity index (χ0) is 34.6. The van der Waals surface area contributed by atoms with E-state index in [1.165, 1.54) is 50.1 Å². The summed E-state index contributed by atoms with van der Waals surface area (Å²) in [6.07, 6.45) is 0. The smallest absolute Gasteiger partial charge is 0.139 e. The SMILES string of the molecule is CC1(c2cccc3c2oc2cccc(N(c4ccc(-c5ccccc5)cc4)c4ccc(-c5ccccc5)cc4)c23)c2ccccc2-c2ccccc21. The second-order valence-electron chi connectivity index (χ2n) is 13.8. The molecule has 2 heteroatoms. The average molecular weight is 666 g/mol. The molecule has 0 unspecified atom stereocenters. The Kier molecular flexibility index (Phi) is 6.97. The van der Waals surface area contributed by atoms with E-state index in [-0.39, 0.29) is 5.41 Å². The van der Waals surface area contributed by atoms with Crippen LogP contribution in [0.1, 0.15) is 23.6 Å². The molecular weight excluding hydrogens is 631 g/mol. The highest BCUT2D eigenvalue weighted by atomic mass is 16.3. The van der Waals surface area contributed by atoms with Gasteiger partial charge in [-0.15, -0.1) is 0 Å². The number of para-hydroxylation sites is 1. The molecule has 0 N–H and O–H groups in total. The van der Waals surface area contributed by atoms with Crippen LogP contribution in [0.25, 0.3) is 55.3 Å². The maximum Gasteiger partial charge on any atom is 0.139 e. The van der Waals surface area contributed by atoms with Crippen LogP contribution in [-0.2, 0) is 5.41 Å². The van der Waals surface area contributed by atoms with Gasteiger partial charge in [0.2, 0.25) is 0 Å². The van der Waals surface area contributed by atoms with Crippen LogP contribution < -0.4 is 4.90 Å². The second kappa shape index (κ2) is 12.0. The summed E-state index contributed by atoms with van der Waals surface area (Å²) in [6, 6.07) is 69.7. The summed E-state index contributed by atoms with van der Waals surface area (Å²) in [5.74, 6) is 0. The molecule has 9 aromatic rings. The van der Waals surface area contributed by atoms with Crippen LogP contribution in [0, 0.1) is 0 Å². The third-order valence-corrected chi connectivity index (χ3v) is 11.0. The Hall–Kier alpha value is -6.64. The summed E-state index contributed by atoms with van der Waals surface area (Å²) in [7, 11) is 0. The number of furan rings is 1. The minimum Gasteiger partial charge on any atom is -0.456 e. The summed E-state index contributed by atoms with van der Waals surface area (Å²) in [4.78, 5) is 2.37. The van der Waals surface area contributed by atoms with Crippen LogP contribution in [0.2, 0.25) is 0 Å². The Morgan fingerprint density at radius 1 is 0.404 bits per heavy atom. The molecule has 52 heavy (non-hydrogen) atoms. The minimum atomic E-state index is -0.374. The zero-order valence-electron chi connectivity index (χ0n) is 28.8. The average Bonchev–Trinajstić information content (AvgIpc) is 3.73. The number of hydrogen-bond donors (Lipinski definition) is 0. The topological polar surface area (TPSA) is 16.4 Å². The van der Waals surface area contributed by atoms with Gasteiger partial charge in [-0.3, -0.25) is 0 Å². The van der Waals surface area contributed by atoms with Crippen LogP contribution in [-0.4, -0.2) is 0 Å². The Morgan fingerprint density at radius 2 is 0.865 bits per heavy atom. The largest absolute Gasteiger partial charge is 0.456 e. The fraction of sp³-hybridized carbons (Fsp3) is 0.0400. The first-order chi connectivity index (χ1) is 25.7. The Labute approximate surface area is 303 Å². The van der Waals surface area contributed by atoms with E-state index in [1.54, 1.807) is 0 Å².